The van der Waals surface area contributed by atoms with Crippen LogP contribution in [0.15, 0.2) is 59.3 Å². The fraction of sp³-hybridized carbons (Fsp3) is 0. The Bertz CT molecular complexity index is 751. The van der Waals surface area contributed by atoms with Crippen LogP contribution in [0.5, 0.6) is 0 Å². The predicted molar refractivity (Wildman–Crippen MR) is 86.7 cm³/mol. The van der Waals surface area contributed by atoms with Crippen LogP contribution in [0.3, 0.4) is 0 Å². The third kappa shape index (κ3) is 2.75. The van der Waals surface area contributed by atoms with E-state index in [0.29, 0.717) is 10.0 Å². The molecular formula is C15H9BrCl2N2. The first-order chi connectivity index (χ1) is 9.63. The van der Waals surface area contributed by atoms with Crippen LogP contribution >= 0.6 is 39.1 Å². The summed E-state index contributed by atoms with van der Waals surface area (Å²) < 4.78 is 2.80. The minimum atomic E-state index is 0.572. The van der Waals surface area contributed by atoms with Gasteiger partial charge in [-0.2, -0.15) is 5.10 Å². The van der Waals surface area contributed by atoms with Crippen molar-refractivity contribution in [2.75, 3.05) is 0 Å². The van der Waals surface area contributed by atoms with E-state index < -0.39 is 0 Å². The van der Waals surface area contributed by atoms with Gasteiger partial charge >= 0.3 is 0 Å². The molecule has 2 nitrogen and oxygen atoms in total. The highest BCUT2D eigenvalue weighted by atomic mass is 79.9. The summed E-state index contributed by atoms with van der Waals surface area (Å²) in [6.07, 6.45) is 3.76. The Kier molecular flexibility index (Phi) is 3.83. The van der Waals surface area contributed by atoms with Gasteiger partial charge in [0.2, 0.25) is 0 Å². The molecule has 0 fully saturated rings. The molecule has 0 bridgehead atoms. The molecule has 0 saturated carbocycles. The van der Waals surface area contributed by atoms with Gasteiger partial charge < -0.3 is 0 Å². The van der Waals surface area contributed by atoms with Gasteiger partial charge in [0.15, 0.2) is 0 Å². The van der Waals surface area contributed by atoms with Gasteiger partial charge in [0, 0.05) is 21.3 Å². The van der Waals surface area contributed by atoms with Crippen molar-refractivity contribution in [1.29, 1.82) is 0 Å². The second-order valence-electron chi connectivity index (χ2n) is 4.28. The average molecular weight is 368 g/mol. The maximum absolute atomic E-state index is 6.19. The number of halogens is 3. The van der Waals surface area contributed by atoms with Gasteiger partial charge in [0.1, 0.15) is 0 Å². The SMILES string of the molecule is Clc1ccc(-n2cc(-c3ccc(Br)cc3)cn2)c(Cl)c1. The van der Waals surface area contributed by atoms with Crippen LogP contribution in [-0.2, 0) is 0 Å². The molecular weight excluding hydrogens is 359 g/mol. The molecule has 3 rings (SSSR count). The Morgan fingerprint density at radius 1 is 0.950 bits per heavy atom. The monoisotopic (exact) mass is 366 g/mol. The number of benzene rings is 2. The molecule has 0 unspecified atom stereocenters. The summed E-state index contributed by atoms with van der Waals surface area (Å²) >= 11 is 15.5. The van der Waals surface area contributed by atoms with Crippen LogP contribution in [0.1, 0.15) is 0 Å². The molecule has 0 aliphatic rings. The lowest BCUT2D eigenvalue weighted by Crippen LogP contribution is -1.94. The van der Waals surface area contributed by atoms with Gasteiger partial charge in [0.05, 0.1) is 16.9 Å². The van der Waals surface area contributed by atoms with E-state index in [0.717, 1.165) is 21.3 Å². The Morgan fingerprint density at radius 3 is 2.40 bits per heavy atom. The number of hydrogen-bond donors (Lipinski definition) is 0. The molecule has 100 valence electrons. The Labute approximate surface area is 135 Å². The number of hydrogen-bond acceptors (Lipinski definition) is 1. The largest absolute Gasteiger partial charge is 0.239 e. The third-order valence-corrected chi connectivity index (χ3v) is 3.98. The Hall–Kier alpha value is -1.29. The third-order valence-electron chi connectivity index (χ3n) is 2.92. The summed E-state index contributed by atoms with van der Waals surface area (Å²) in [5.74, 6) is 0. The maximum atomic E-state index is 6.19. The lowest BCUT2D eigenvalue weighted by atomic mass is 10.1. The van der Waals surface area contributed by atoms with Gasteiger partial charge in [0.25, 0.3) is 0 Å². The number of nitrogens with zero attached hydrogens (tertiary/aromatic N) is 2. The predicted octanol–water partition coefficient (Wildman–Crippen LogP) is 5.61. The van der Waals surface area contributed by atoms with Crippen LogP contribution in [0.25, 0.3) is 16.8 Å². The topological polar surface area (TPSA) is 17.8 Å². The van der Waals surface area contributed by atoms with E-state index >= 15 is 0 Å². The second kappa shape index (κ2) is 5.60. The zero-order valence-electron chi connectivity index (χ0n) is 10.2. The van der Waals surface area contributed by atoms with E-state index in [1.807, 2.05) is 42.7 Å². The van der Waals surface area contributed by atoms with Crippen molar-refractivity contribution < 1.29 is 0 Å². The van der Waals surface area contributed by atoms with Crippen LogP contribution in [0.2, 0.25) is 10.0 Å². The first-order valence-corrected chi connectivity index (χ1v) is 7.44. The summed E-state index contributed by atoms with van der Waals surface area (Å²) in [4.78, 5) is 0. The molecule has 0 amide bonds. The zero-order valence-corrected chi connectivity index (χ0v) is 13.3. The lowest BCUT2D eigenvalue weighted by Gasteiger charge is -2.04. The van der Waals surface area contributed by atoms with Crippen LogP contribution in [0, 0.1) is 0 Å². The minimum absolute atomic E-state index is 0.572. The smallest absolute Gasteiger partial charge is 0.0833 e. The number of aromatic nitrogens is 2. The van der Waals surface area contributed by atoms with Crippen molar-refractivity contribution in [3.63, 3.8) is 0 Å². The molecule has 2 aromatic carbocycles. The molecule has 5 heteroatoms. The molecule has 1 heterocycles. The lowest BCUT2D eigenvalue weighted by molar-refractivity contribution is 0.881. The van der Waals surface area contributed by atoms with Crippen molar-refractivity contribution in [3.05, 3.63) is 69.4 Å². The molecule has 0 aliphatic carbocycles. The van der Waals surface area contributed by atoms with Gasteiger partial charge in [-0.3, -0.25) is 0 Å². The molecule has 0 N–H and O–H groups in total. The standard InChI is InChI=1S/C15H9BrCl2N2/c16-12-3-1-10(2-4-12)11-8-19-20(9-11)15-6-5-13(17)7-14(15)18/h1-9H. The summed E-state index contributed by atoms with van der Waals surface area (Å²) in [6, 6.07) is 13.4. The molecule has 1 aromatic heterocycles. The van der Waals surface area contributed by atoms with E-state index in [9.17, 15) is 0 Å². The van der Waals surface area contributed by atoms with Gasteiger partial charge in [-0.25, -0.2) is 4.68 Å². The van der Waals surface area contributed by atoms with Gasteiger partial charge in [-0.1, -0.05) is 51.3 Å². The van der Waals surface area contributed by atoms with Crippen molar-refractivity contribution in [2.45, 2.75) is 0 Å². The van der Waals surface area contributed by atoms with Gasteiger partial charge in [-0.15, -0.1) is 0 Å². The first-order valence-electron chi connectivity index (χ1n) is 5.89. The quantitative estimate of drug-likeness (QED) is 0.575. The highest BCUT2D eigenvalue weighted by Gasteiger charge is 2.07. The summed E-state index contributed by atoms with van der Waals surface area (Å²) in [6.45, 7) is 0. The molecule has 0 atom stereocenters. The second-order valence-corrected chi connectivity index (χ2v) is 6.04. The van der Waals surface area contributed by atoms with Crippen molar-refractivity contribution in [3.8, 4) is 16.8 Å². The average Bonchev–Trinajstić information content (AvgIpc) is 2.89. The Balaban J connectivity index is 1.99. The van der Waals surface area contributed by atoms with Crippen molar-refractivity contribution in [2.24, 2.45) is 0 Å². The fourth-order valence-electron chi connectivity index (χ4n) is 1.91. The Morgan fingerprint density at radius 2 is 1.70 bits per heavy atom. The van der Waals surface area contributed by atoms with E-state index in [1.165, 1.54) is 0 Å². The minimum Gasteiger partial charge on any atom is -0.239 e. The molecule has 0 spiro atoms. The van der Waals surface area contributed by atoms with Crippen LogP contribution < -0.4 is 0 Å². The van der Waals surface area contributed by atoms with Crippen LogP contribution in [0.4, 0.5) is 0 Å². The molecule has 3 aromatic rings. The van der Waals surface area contributed by atoms with E-state index in [4.69, 9.17) is 23.2 Å². The highest BCUT2D eigenvalue weighted by molar-refractivity contribution is 9.10. The van der Waals surface area contributed by atoms with E-state index in [1.54, 1.807) is 16.8 Å². The molecule has 20 heavy (non-hydrogen) atoms. The van der Waals surface area contributed by atoms with Gasteiger partial charge in [-0.05, 0) is 35.9 Å². The maximum Gasteiger partial charge on any atom is 0.0833 e. The zero-order chi connectivity index (χ0) is 14.1. The highest BCUT2D eigenvalue weighted by Crippen LogP contribution is 2.26. The molecule has 0 saturated heterocycles. The normalized spacial score (nSPS) is 10.8. The molecule has 0 aliphatic heterocycles. The van der Waals surface area contributed by atoms with E-state index in [-0.39, 0.29) is 0 Å². The van der Waals surface area contributed by atoms with E-state index in [2.05, 4.69) is 21.0 Å². The fourth-order valence-corrected chi connectivity index (χ4v) is 2.67. The first kappa shape index (κ1) is 13.7. The summed E-state index contributed by atoms with van der Waals surface area (Å²) in [5.41, 5.74) is 2.94. The van der Waals surface area contributed by atoms with Crippen LogP contribution in [-0.4, -0.2) is 9.78 Å². The number of rotatable bonds is 2. The summed E-state index contributed by atoms with van der Waals surface area (Å²) in [5, 5.41) is 5.54. The van der Waals surface area contributed by atoms with Crippen molar-refractivity contribution in [1.82, 2.24) is 9.78 Å². The van der Waals surface area contributed by atoms with Crippen molar-refractivity contribution >= 4 is 39.1 Å². The summed E-state index contributed by atoms with van der Waals surface area (Å²) in [7, 11) is 0. The molecule has 0 radical (unpaired) electrons.